The standard InChI is InChI=1S/C14H21FO2.C13H14.2C2H6.CH2O/c1-11(8-14(2,9-16)10-17-3)12-4-6-13(15)7-5-12;1-3-11-9-13-7-5-4-6-12(13)8-10(11)2;3*1-2/h4-7,11,16H,8-10H2,1-3H3;3-8H,9H2,1-2H3;2*1-2H3;1H2/b;11-3-;;;. The first-order valence-electron chi connectivity index (χ1n) is 12.9. The van der Waals surface area contributed by atoms with E-state index in [0.717, 1.165) is 18.4 Å². The second-order valence-electron chi connectivity index (χ2n) is 8.58. The van der Waals surface area contributed by atoms with Crippen LogP contribution in [0.25, 0.3) is 6.08 Å². The van der Waals surface area contributed by atoms with E-state index in [4.69, 9.17) is 9.53 Å². The third kappa shape index (κ3) is 12.4. The molecule has 0 heterocycles. The lowest BCUT2D eigenvalue weighted by atomic mass is 9.80. The van der Waals surface area contributed by atoms with E-state index >= 15 is 0 Å². The van der Waals surface area contributed by atoms with Gasteiger partial charge in [-0.15, -0.1) is 0 Å². The van der Waals surface area contributed by atoms with Gasteiger partial charge in [0.2, 0.25) is 0 Å². The molecule has 0 aromatic heterocycles. The fourth-order valence-electron chi connectivity index (χ4n) is 4.00. The summed E-state index contributed by atoms with van der Waals surface area (Å²) in [5, 5.41) is 9.42. The number of fused-ring (bicyclic) bond motifs is 1. The van der Waals surface area contributed by atoms with Gasteiger partial charge in [-0.05, 0) is 72.6 Å². The van der Waals surface area contributed by atoms with Crippen LogP contribution in [0.3, 0.4) is 0 Å². The Hall–Kier alpha value is -2.56. The third-order valence-electron chi connectivity index (χ3n) is 5.78. The van der Waals surface area contributed by atoms with Crippen molar-refractivity contribution in [1.29, 1.82) is 0 Å². The summed E-state index contributed by atoms with van der Waals surface area (Å²) in [7, 11) is 1.64. The maximum Gasteiger partial charge on any atom is 0.123 e. The minimum absolute atomic E-state index is 0.0897. The van der Waals surface area contributed by atoms with Gasteiger partial charge in [-0.2, -0.15) is 0 Å². The fourth-order valence-corrected chi connectivity index (χ4v) is 4.00. The zero-order chi connectivity index (χ0) is 28.1. The van der Waals surface area contributed by atoms with Crippen molar-refractivity contribution in [2.75, 3.05) is 20.3 Å². The number of hydrogen-bond acceptors (Lipinski definition) is 3. The Morgan fingerprint density at radius 1 is 1.08 bits per heavy atom. The smallest absolute Gasteiger partial charge is 0.123 e. The molecule has 2 atom stereocenters. The Kier molecular flexibility index (Phi) is 20.4. The largest absolute Gasteiger partial charge is 0.396 e. The summed E-state index contributed by atoms with van der Waals surface area (Å²) in [4.78, 5) is 8.00. The van der Waals surface area contributed by atoms with Gasteiger partial charge in [0.15, 0.2) is 0 Å². The molecule has 202 valence electrons. The molecular weight excluding hydrogens is 451 g/mol. The van der Waals surface area contributed by atoms with Crippen LogP contribution >= 0.6 is 0 Å². The first kappa shape index (κ1) is 35.6. The normalized spacial score (nSPS) is 14.9. The number of methoxy groups -OCH3 is 1. The molecule has 2 aromatic rings. The van der Waals surface area contributed by atoms with Gasteiger partial charge in [-0.25, -0.2) is 4.39 Å². The van der Waals surface area contributed by atoms with Crippen LogP contribution in [0.5, 0.6) is 0 Å². The summed E-state index contributed by atoms with van der Waals surface area (Å²) < 4.78 is 17.9. The van der Waals surface area contributed by atoms with Crippen LogP contribution in [0.2, 0.25) is 0 Å². The van der Waals surface area contributed by atoms with Crippen LogP contribution in [-0.2, 0) is 16.0 Å². The highest BCUT2D eigenvalue weighted by molar-refractivity contribution is 5.65. The van der Waals surface area contributed by atoms with Crippen molar-refractivity contribution in [2.24, 2.45) is 5.41 Å². The molecule has 0 radical (unpaired) electrons. The second kappa shape index (κ2) is 20.6. The number of ether oxygens (including phenoxy) is 1. The van der Waals surface area contributed by atoms with Crippen LogP contribution in [0.15, 0.2) is 65.8 Å². The lowest BCUT2D eigenvalue weighted by molar-refractivity contribution is -0.0980. The molecule has 3 nitrogen and oxygen atoms in total. The number of carbonyl (C=O) groups excluding carboxylic acids is 1. The molecular formula is C32H49FO3. The van der Waals surface area contributed by atoms with Gasteiger partial charge in [-0.1, -0.05) is 90.1 Å². The van der Waals surface area contributed by atoms with Crippen molar-refractivity contribution >= 4 is 12.9 Å². The molecule has 0 bridgehead atoms. The van der Waals surface area contributed by atoms with Crippen molar-refractivity contribution in [1.82, 2.24) is 0 Å². The van der Waals surface area contributed by atoms with Gasteiger partial charge in [0.25, 0.3) is 0 Å². The van der Waals surface area contributed by atoms with Crippen molar-refractivity contribution in [3.8, 4) is 0 Å². The highest BCUT2D eigenvalue weighted by Gasteiger charge is 2.26. The van der Waals surface area contributed by atoms with Crippen LogP contribution in [0.4, 0.5) is 4.39 Å². The van der Waals surface area contributed by atoms with E-state index in [-0.39, 0.29) is 23.8 Å². The SMILES string of the molecule is C/C=C1/Cc2ccccc2C=C1C.C=O.CC.CC.COCC(C)(CO)CC(C)c1ccc(F)cc1. The average Bonchev–Trinajstić information content (AvgIpc) is 2.92. The summed E-state index contributed by atoms with van der Waals surface area (Å²) in [6.45, 7) is 19.0. The molecule has 0 fully saturated rings. The van der Waals surface area contributed by atoms with E-state index in [1.807, 2.05) is 41.4 Å². The maximum atomic E-state index is 12.8. The van der Waals surface area contributed by atoms with Gasteiger partial charge in [-0.3, -0.25) is 0 Å². The molecule has 0 amide bonds. The van der Waals surface area contributed by atoms with Crippen LogP contribution in [0, 0.1) is 11.2 Å². The third-order valence-corrected chi connectivity index (χ3v) is 5.78. The van der Waals surface area contributed by atoms with E-state index in [1.165, 1.54) is 34.4 Å². The fraction of sp³-hybridized carbons (Fsp3) is 0.469. The number of allylic oxidation sites excluding steroid dienone is 3. The number of halogens is 1. The van der Waals surface area contributed by atoms with E-state index in [1.54, 1.807) is 19.2 Å². The number of benzene rings is 2. The molecule has 4 heteroatoms. The van der Waals surface area contributed by atoms with Crippen molar-refractivity contribution in [3.05, 3.63) is 88.3 Å². The first-order valence-corrected chi connectivity index (χ1v) is 12.9. The molecule has 0 saturated heterocycles. The molecule has 3 rings (SSSR count). The van der Waals surface area contributed by atoms with Gasteiger partial charge in [0.1, 0.15) is 12.6 Å². The van der Waals surface area contributed by atoms with Crippen LogP contribution < -0.4 is 0 Å². The lowest BCUT2D eigenvalue weighted by Gasteiger charge is -2.29. The Labute approximate surface area is 220 Å². The minimum atomic E-state index is -0.247. The number of rotatable bonds is 6. The maximum absolute atomic E-state index is 12.8. The highest BCUT2D eigenvalue weighted by Crippen LogP contribution is 2.32. The summed E-state index contributed by atoms with van der Waals surface area (Å²) in [6, 6.07) is 15.1. The quantitative estimate of drug-likeness (QED) is 0.433. The van der Waals surface area contributed by atoms with E-state index in [9.17, 15) is 9.50 Å². The zero-order valence-corrected chi connectivity index (χ0v) is 24.0. The second-order valence-corrected chi connectivity index (χ2v) is 8.58. The van der Waals surface area contributed by atoms with Gasteiger partial charge in [0, 0.05) is 12.5 Å². The van der Waals surface area contributed by atoms with Gasteiger partial charge >= 0.3 is 0 Å². The van der Waals surface area contributed by atoms with Crippen molar-refractivity contribution in [3.63, 3.8) is 0 Å². The number of hydrogen-bond donors (Lipinski definition) is 1. The molecule has 0 saturated carbocycles. The minimum Gasteiger partial charge on any atom is -0.396 e. The predicted octanol–water partition coefficient (Wildman–Crippen LogP) is 8.42. The highest BCUT2D eigenvalue weighted by atomic mass is 19.1. The Morgan fingerprint density at radius 3 is 2.14 bits per heavy atom. The predicted molar refractivity (Wildman–Crippen MR) is 154 cm³/mol. The Balaban J connectivity index is 0. The molecule has 1 N–H and O–H groups in total. The monoisotopic (exact) mass is 500 g/mol. The molecule has 2 unspecified atom stereocenters. The van der Waals surface area contributed by atoms with E-state index in [2.05, 4.69) is 57.2 Å². The summed E-state index contributed by atoms with van der Waals surface area (Å²) in [5.41, 5.74) is 6.52. The number of carbonyl (C=O) groups is 1. The number of aliphatic hydroxyl groups excluding tert-OH is 1. The summed E-state index contributed by atoms with van der Waals surface area (Å²) in [5.74, 6) is 0.0469. The van der Waals surface area contributed by atoms with Crippen LogP contribution in [-0.4, -0.2) is 32.2 Å². The topological polar surface area (TPSA) is 46.5 Å². The van der Waals surface area contributed by atoms with E-state index in [0.29, 0.717) is 6.61 Å². The van der Waals surface area contributed by atoms with Gasteiger partial charge in [0.05, 0.1) is 13.2 Å². The van der Waals surface area contributed by atoms with Crippen LogP contribution in [0.1, 0.15) is 84.4 Å². The van der Waals surface area contributed by atoms with Crippen molar-refractivity contribution in [2.45, 2.75) is 74.1 Å². The van der Waals surface area contributed by atoms with E-state index < -0.39 is 0 Å². The average molecular weight is 501 g/mol. The summed E-state index contributed by atoms with van der Waals surface area (Å²) >= 11 is 0. The molecule has 1 aliphatic rings. The van der Waals surface area contributed by atoms with Gasteiger partial charge < -0.3 is 14.6 Å². The molecule has 0 aliphatic heterocycles. The molecule has 2 aromatic carbocycles. The zero-order valence-electron chi connectivity index (χ0n) is 24.0. The summed E-state index contributed by atoms with van der Waals surface area (Å²) in [6.07, 6.45) is 6.38. The molecule has 1 aliphatic carbocycles. The number of aliphatic hydroxyl groups is 1. The molecule has 0 spiro atoms. The lowest BCUT2D eigenvalue weighted by Crippen LogP contribution is -2.28. The van der Waals surface area contributed by atoms with Crippen molar-refractivity contribution < 1.29 is 19.0 Å². The first-order chi connectivity index (χ1) is 17.3. The molecule has 36 heavy (non-hydrogen) atoms. The Bertz CT molecular complexity index is 887. The Morgan fingerprint density at radius 2 is 1.64 bits per heavy atom.